The van der Waals surface area contributed by atoms with Gasteiger partial charge in [-0.05, 0) is 49.4 Å². The van der Waals surface area contributed by atoms with Gasteiger partial charge < -0.3 is 14.4 Å². The minimum atomic E-state index is -4.09. The van der Waals surface area contributed by atoms with Crippen LogP contribution in [-0.2, 0) is 29.1 Å². The average molecular weight is 514 g/mol. The van der Waals surface area contributed by atoms with Crippen molar-refractivity contribution >= 4 is 27.8 Å². The van der Waals surface area contributed by atoms with Crippen LogP contribution in [0.1, 0.15) is 51.5 Å². The third kappa shape index (κ3) is 7.39. The van der Waals surface area contributed by atoms with E-state index in [1.165, 1.54) is 25.3 Å². The van der Waals surface area contributed by atoms with Gasteiger partial charge in [-0.2, -0.15) is 0 Å². The number of esters is 1. The molecular weight excluding hydrogens is 478 g/mol. The van der Waals surface area contributed by atoms with Crippen LogP contribution in [0, 0.1) is 11.8 Å². The van der Waals surface area contributed by atoms with Crippen LogP contribution in [0.4, 0.5) is 0 Å². The van der Waals surface area contributed by atoms with E-state index in [1.54, 1.807) is 31.2 Å². The minimum absolute atomic E-state index is 0.0560. The number of rotatable bonds is 11. The molecule has 1 aromatic carbocycles. The Morgan fingerprint density at radius 2 is 1.86 bits per heavy atom. The Kier molecular flexibility index (Phi) is 10.5. The molecule has 35 heavy (non-hydrogen) atoms. The van der Waals surface area contributed by atoms with E-state index in [4.69, 9.17) is 9.47 Å². The normalized spacial score (nSPS) is 15.5. The lowest BCUT2D eigenvalue weighted by Gasteiger charge is -2.31. The highest BCUT2D eigenvalue weighted by molar-refractivity contribution is 7.89. The number of ether oxygens (including phenoxy) is 2. The number of nitrogens with zero attached hydrogens (tertiary/aromatic N) is 1. The number of hydrogen-bond acceptors (Lipinski definition) is 8. The number of hydrogen-bond donors (Lipinski definition) is 3. The summed E-state index contributed by atoms with van der Waals surface area (Å²) < 4.78 is 38.9. The van der Waals surface area contributed by atoms with Gasteiger partial charge in [-0.25, -0.2) is 18.6 Å². The molecule has 3 N–H and O–H groups in total. The lowest BCUT2D eigenvalue weighted by Crippen LogP contribution is -2.41. The topological polar surface area (TPSA) is 151 Å². The van der Waals surface area contributed by atoms with Crippen LogP contribution in [0.3, 0.4) is 0 Å². The number of piperidine rings is 1. The molecule has 1 aliphatic heterocycles. The van der Waals surface area contributed by atoms with Gasteiger partial charge in [0.2, 0.25) is 15.9 Å². The largest absolute Gasteiger partial charge is 0.497 e. The second-order valence-electron chi connectivity index (χ2n) is 8.66. The molecule has 1 aliphatic rings. The van der Waals surface area contributed by atoms with Crippen LogP contribution < -0.4 is 14.9 Å². The molecular formula is C23H35N3O8S. The van der Waals surface area contributed by atoms with Crippen molar-refractivity contribution in [3.8, 4) is 5.75 Å². The fraction of sp³-hybridized carbons (Fsp3) is 0.609. The van der Waals surface area contributed by atoms with Gasteiger partial charge in [0.05, 0.1) is 30.4 Å². The summed E-state index contributed by atoms with van der Waals surface area (Å²) in [5.41, 5.74) is 1.77. The SMILES string of the molecule is CCOC(=O)C1CCN(C(=O)CCNS(=O)(=O)c2ccc(OC)cc2C(C(=O)NO)C(C)C)CC1. The number of amides is 2. The molecule has 196 valence electrons. The zero-order chi connectivity index (χ0) is 26.2. The molecule has 12 heteroatoms. The zero-order valence-electron chi connectivity index (χ0n) is 20.6. The number of carbonyl (C=O) groups is 3. The first-order chi connectivity index (χ1) is 16.5. The van der Waals surface area contributed by atoms with Crippen molar-refractivity contribution in [3.05, 3.63) is 23.8 Å². The van der Waals surface area contributed by atoms with Crippen LogP contribution in [0.2, 0.25) is 0 Å². The zero-order valence-corrected chi connectivity index (χ0v) is 21.4. The first kappa shape index (κ1) is 28.5. The number of methoxy groups -OCH3 is 1. The average Bonchev–Trinajstić information content (AvgIpc) is 2.83. The van der Waals surface area contributed by atoms with Crippen LogP contribution in [0.25, 0.3) is 0 Å². The van der Waals surface area contributed by atoms with Crippen molar-refractivity contribution in [2.24, 2.45) is 11.8 Å². The van der Waals surface area contributed by atoms with E-state index in [-0.39, 0.29) is 47.1 Å². The Morgan fingerprint density at radius 3 is 2.40 bits per heavy atom. The summed E-state index contributed by atoms with van der Waals surface area (Å²) in [5, 5.41) is 9.17. The molecule has 1 fully saturated rings. The molecule has 1 saturated heterocycles. The highest BCUT2D eigenvalue weighted by Gasteiger charge is 2.32. The summed E-state index contributed by atoms with van der Waals surface area (Å²) in [4.78, 5) is 38.2. The highest BCUT2D eigenvalue weighted by Crippen LogP contribution is 2.33. The molecule has 0 aliphatic carbocycles. The van der Waals surface area contributed by atoms with Crippen molar-refractivity contribution in [1.29, 1.82) is 0 Å². The fourth-order valence-corrected chi connectivity index (χ4v) is 5.44. The third-order valence-electron chi connectivity index (χ3n) is 6.00. The molecule has 11 nitrogen and oxygen atoms in total. The predicted octanol–water partition coefficient (Wildman–Crippen LogP) is 1.41. The van der Waals surface area contributed by atoms with E-state index in [1.807, 2.05) is 0 Å². The van der Waals surface area contributed by atoms with Gasteiger partial charge in [0, 0.05) is 26.1 Å². The fourth-order valence-electron chi connectivity index (χ4n) is 4.17. The molecule has 0 spiro atoms. The van der Waals surface area contributed by atoms with Crippen molar-refractivity contribution in [3.63, 3.8) is 0 Å². The van der Waals surface area contributed by atoms with Crippen molar-refractivity contribution in [2.75, 3.05) is 33.4 Å². The molecule has 0 radical (unpaired) electrons. The maximum absolute atomic E-state index is 13.1. The summed E-state index contributed by atoms with van der Waals surface area (Å²) in [6, 6.07) is 4.25. The second-order valence-corrected chi connectivity index (χ2v) is 10.4. The summed E-state index contributed by atoms with van der Waals surface area (Å²) in [5.74, 6) is -2.37. The summed E-state index contributed by atoms with van der Waals surface area (Å²) >= 11 is 0. The minimum Gasteiger partial charge on any atom is -0.497 e. The van der Waals surface area contributed by atoms with Crippen LogP contribution >= 0.6 is 0 Å². The molecule has 1 aromatic rings. The predicted molar refractivity (Wildman–Crippen MR) is 126 cm³/mol. The van der Waals surface area contributed by atoms with E-state index < -0.39 is 21.8 Å². The first-order valence-electron chi connectivity index (χ1n) is 11.6. The number of sulfonamides is 1. The van der Waals surface area contributed by atoms with Gasteiger partial charge in [-0.3, -0.25) is 19.6 Å². The Morgan fingerprint density at radius 1 is 1.20 bits per heavy atom. The van der Waals surface area contributed by atoms with Gasteiger partial charge in [0.15, 0.2) is 0 Å². The first-order valence-corrected chi connectivity index (χ1v) is 13.1. The van der Waals surface area contributed by atoms with Gasteiger partial charge >= 0.3 is 5.97 Å². The number of likely N-dealkylation sites (tertiary alicyclic amines) is 1. The molecule has 1 unspecified atom stereocenters. The van der Waals surface area contributed by atoms with Crippen LogP contribution in [0.5, 0.6) is 5.75 Å². The number of hydroxylamine groups is 1. The summed E-state index contributed by atoms with van der Waals surface area (Å²) in [6.45, 7) is 6.20. The molecule has 2 rings (SSSR count). The van der Waals surface area contributed by atoms with Gasteiger partial charge in [-0.1, -0.05) is 13.8 Å². The Balaban J connectivity index is 2.08. The number of benzene rings is 1. The van der Waals surface area contributed by atoms with Crippen LogP contribution in [-0.4, -0.2) is 69.7 Å². The van der Waals surface area contributed by atoms with Gasteiger partial charge in [-0.15, -0.1) is 0 Å². The van der Waals surface area contributed by atoms with Gasteiger partial charge in [0.1, 0.15) is 5.75 Å². The monoisotopic (exact) mass is 513 g/mol. The Bertz CT molecular complexity index is 1000. The van der Waals surface area contributed by atoms with Crippen molar-refractivity contribution in [1.82, 2.24) is 15.1 Å². The van der Waals surface area contributed by atoms with Gasteiger partial charge in [0.25, 0.3) is 5.91 Å². The molecule has 1 heterocycles. The molecule has 0 bridgehead atoms. The smallest absolute Gasteiger partial charge is 0.309 e. The summed E-state index contributed by atoms with van der Waals surface area (Å²) in [7, 11) is -2.67. The van der Waals surface area contributed by atoms with E-state index in [9.17, 15) is 28.0 Å². The van der Waals surface area contributed by atoms with Crippen molar-refractivity contribution < 1.29 is 37.5 Å². The molecule has 2 amide bonds. The molecule has 0 saturated carbocycles. The number of carbonyl (C=O) groups excluding carboxylic acids is 3. The van der Waals surface area contributed by atoms with E-state index in [2.05, 4.69) is 4.72 Å². The van der Waals surface area contributed by atoms with E-state index in [0.29, 0.717) is 38.3 Å². The lowest BCUT2D eigenvalue weighted by molar-refractivity contribution is -0.151. The quantitative estimate of drug-likeness (QED) is 0.228. The van der Waals surface area contributed by atoms with E-state index >= 15 is 0 Å². The summed E-state index contributed by atoms with van der Waals surface area (Å²) in [6.07, 6.45) is 0.962. The maximum Gasteiger partial charge on any atom is 0.309 e. The second kappa shape index (κ2) is 12.8. The highest BCUT2D eigenvalue weighted by atomic mass is 32.2. The number of nitrogens with one attached hydrogen (secondary N) is 2. The standard InChI is InChI=1S/C23H35N3O8S/c1-5-34-23(29)16-9-12-26(13-10-16)20(27)8-11-24-35(31,32)19-7-6-17(33-4)14-18(19)21(15(2)3)22(28)25-30/h6-7,14-16,21,24,30H,5,8-13H2,1-4H3,(H,25,28). The van der Waals surface area contributed by atoms with Crippen LogP contribution in [0.15, 0.2) is 23.1 Å². The molecule has 1 atom stereocenters. The van der Waals surface area contributed by atoms with E-state index in [0.717, 1.165) is 0 Å². The molecule has 0 aromatic heterocycles. The third-order valence-corrected chi connectivity index (χ3v) is 7.53. The maximum atomic E-state index is 13.1. The van der Waals surface area contributed by atoms with Crippen molar-refractivity contribution in [2.45, 2.75) is 50.8 Å². The lowest BCUT2D eigenvalue weighted by atomic mass is 9.87. The Labute approximate surface area is 206 Å². The Hall–Kier alpha value is -2.70.